The molecule has 0 N–H and O–H groups in total. The first kappa shape index (κ1) is 29.5. The first-order valence-corrected chi connectivity index (χ1v) is 12.1. The second-order valence-electron chi connectivity index (χ2n) is 7.14. The van der Waals surface area contributed by atoms with E-state index < -0.39 is 8.07 Å². The maximum atomic E-state index is 7.50. The van der Waals surface area contributed by atoms with Gasteiger partial charge in [0.1, 0.15) is 6.10 Å². The molecular weight excluding hydrogens is 422 g/mol. The summed E-state index contributed by atoms with van der Waals surface area (Å²) in [6.45, 7) is 20.7. The van der Waals surface area contributed by atoms with Gasteiger partial charge in [-0.25, -0.2) is 0 Å². The van der Waals surface area contributed by atoms with Crippen molar-refractivity contribution < 1.29 is 36.2 Å². The summed E-state index contributed by atoms with van der Waals surface area (Å²) >= 11 is 0. The summed E-state index contributed by atoms with van der Waals surface area (Å²) in [5.41, 5.74) is 2.71. The van der Waals surface area contributed by atoms with Crippen molar-refractivity contribution >= 4 is 13.3 Å². The number of hydrogen-bond donors (Lipinski definition) is 0. The van der Waals surface area contributed by atoms with Crippen molar-refractivity contribution in [2.45, 2.75) is 38.2 Å². The van der Waals surface area contributed by atoms with Crippen LogP contribution in [-0.2, 0) is 36.2 Å². The molecule has 0 spiro atoms. The van der Waals surface area contributed by atoms with Crippen molar-refractivity contribution in [2.75, 3.05) is 7.05 Å². The van der Waals surface area contributed by atoms with Gasteiger partial charge in [0.05, 0.1) is 14.1 Å². The van der Waals surface area contributed by atoms with Crippen LogP contribution in [0, 0.1) is 20.0 Å². The topological polar surface area (TPSA) is 72.2 Å². The molecule has 0 amide bonds. The average molecular weight is 448 g/mol. The average Bonchev–Trinajstić information content (AvgIpc) is 3.14. The van der Waals surface area contributed by atoms with Crippen molar-refractivity contribution in [3.63, 3.8) is 0 Å². The van der Waals surface area contributed by atoms with Crippen molar-refractivity contribution in [2.24, 2.45) is 0 Å². The zero-order valence-electron chi connectivity index (χ0n) is 17.0. The Morgan fingerprint density at radius 1 is 0.862 bits per heavy atom. The SMILES string of the molecule is CN1O[C@H](c2ccccc2)C[C@@H]1c1ccccc1[Si](C)(C)C.[C-]#[O+].[C-]#[O+].[C-]#[O+].[Cr]. The molecule has 2 aromatic rings. The molecule has 5 nitrogen and oxygen atoms in total. The van der Waals surface area contributed by atoms with Crippen molar-refractivity contribution in [3.05, 3.63) is 85.7 Å². The van der Waals surface area contributed by atoms with E-state index >= 15 is 0 Å². The van der Waals surface area contributed by atoms with Crippen LogP contribution >= 0.6 is 0 Å². The van der Waals surface area contributed by atoms with Crippen LogP contribution in [0.2, 0.25) is 19.6 Å². The largest absolute Gasteiger partial charge is 0 e. The second kappa shape index (κ2) is 15.2. The van der Waals surface area contributed by atoms with Crippen LogP contribution in [0.4, 0.5) is 0 Å². The van der Waals surface area contributed by atoms with Gasteiger partial charge >= 0.3 is 33.9 Å². The molecule has 3 rings (SSSR count). The van der Waals surface area contributed by atoms with Gasteiger partial charge < -0.3 is 0 Å². The third-order valence-electron chi connectivity index (χ3n) is 4.47. The molecule has 7 heteroatoms. The van der Waals surface area contributed by atoms with Gasteiger partial charge in [0, 0.05) is 30.8 Å². The molecule has 1 aliphatic rings. The van der Waals surface area contributed by atoms with E-state index in [1.165, 1.54) is 11.1 Å². The minimum Gasteiger partial charge on any atom is 0 e. The second-order valence-corrected chi connectivity index (χ2v) is 12.2. The van der Waals surface area contributed by atoms with Gasteiger partial charge in [-0.1, -0.05) is 79.4 Å². The normalized spacial score (nSPS) is 17.6. The first-order chi connectivity index (χ1) is 13.5. The predicted molar refractivity (Wildman–Crippen MR) is 107 cm³/mol. The van der Waals surface area contributed by atoms with Gasteiger partial charge in [0.15, 0.2) is 0 Å². The number of nitrogens with zero attached hydrogens (tertiary/aromatic N) is 1. The number of hydroxylamine groups is 2. The van der Waals surface area contributed by atoms with Gasteiger partial charge in [-0.15, -0.1) is 0 Å². The Morgan fingerprint density at radius 2 is 1.34 bits per heavy atom. The molecule has 1 aliphatic heterocycles. The fourth-order valence-electron chi connectivity index (χ4n) is 3.33. The van der Waals surface area contributed by atoms with Crippen LogP contribution in [0.5, 0.6) is 0 Å². The van der Waals surface area contributed by atoms with Crippen LogP contribution in [0.15, 0.2) is 54.6 Å². The van der Waals surface area contributed by atoms with Crippen molar-refractivity contribution in [1.29, 1.82) is 0 Å². The summed E-state index contributed by atoms with van der Waals surface area (Å²) in [6.07, 6.45) is 1.17. The predicted octanol–water partition coefficient (Wildman–Crippen LogP) is 4.17. The molecule has 0 aliphatic carbocycles. The molecule has 1 heterocycles. The number of benzene rings is 2. The van der Waals surface area contributed by atoms with E-state index in [1.807, 2.05) is 0 Å². The molecule has 0 radical (unpaired) electrons. The van der Waals surface area contributed by atoms with E-state index in [2.05, 4.69) is 106 Å². The summed E-state index contributed by atoms with van der Waals surface area (Å²) in [4.78, 5) is 6.13. The Balaban J connectivity index is 0. The minimum atomic E-state index is -1.36. The van der Waals surface area contributed by atoms with Crippen LogP contribution < -0.4 is 5.19 Å². The van der Waals surface area contributed by atoms with Gasteiger partial charge in [0.2, 0.25) is 0 Å². The van der Waals surface area contributed by atoms with E-state index in [9.17, 15) is 0 Å². The molecule has 152 valence electrons. The Morgan fingerprint density at radius 3 is 1.86 bits per heavy atom. The zero-order valence-corrected chi connectivity index (χ0v) is 19.3. The summed E-state index contributed by atoms with van der Waals surface area (Å²) < 4.78 is 22.5. The van der Waals surface area contributed by atoms with Crippen molar-refractivity contribution in [3.8, 4) is 0 Å². The maximum Gasteiger partial charge on any atom is 0 e. The van der Waals surface area contributed by atoms with Gasteiger partial charge in [-0.2, -0.15) is 5.06 Å². The Hall–Kier alpha value is -1.67. The molecule has 0 bridgehead atoms. The van der Waals surface area contributed by atoms with Crippen LogP contribution in [0.25, 0.3) is 0 Å². The fourth-order valence-corrected chi connectivity index (χ4v) is 5.04. The number of rotatable bonds is 3. The van der Waals surface area contributed by atoms with Gasteiger partial charge in [-0.3, -0.25) is 4.84 Å². The zero-order chi connectivity index (χ0) is 21.7. The number of hydrogen-bond acceptors (Lipinski definition) is 2. The molecule has 2 atom stereocenters. The maximum absolute atomic E-state index is 7.50. The van der Waals surface area contributed by atoms with E-state index in [0.29, 0.717) is 6.04 Å². The molecule has 2 aromatic carbocycles. The van der Waals surface area contributed by atoms with E-state index in [-0.39, 0.29) is 23.5 Å². The molecule has 0 saturated carbocycles. The molecule has 1 fully saturated rings. The van der Waals surface area contributed by atoms with Gasteiger partial charge in [0.25, 0.3) is 0 Å². The first-order valence-electron chi connectivity index (χ1n) is 8.62. The summed E-state index contributed by atoms with van der Waals surface area (Å²) in [7, 11) is 0.706. The standard InChI is InChI=1S/C19H25NOSi.3CO.Cr/c1-20-17(14-18(21-20)15-10-6-5-7-11-15)16-12-8-9-13-19(16)22(2,3)4;3*1-2;/h5-13,17-18H,14H2,1-4H3;;;;/t17-,18+;;;;/m1..../s1. The summed E-state index contributed by atoms with van der Waals surface area (Å²) in [5, 5.41) is 3.60. The monoisotopic (exact) mass is 447 g/mol. The molecule has 29 heavy (non-hydrogen) atoms. The minimum absolute atomic E-state index is 0. The van der Waals surface area contributed by atoms with Crippen LogP contribution in [0.3, 0.4) is 0 Å². The van der Waals surface area contributed by atoms with E-state index in [1.54, 1.807) is 5.19 Å². The van der Waals surface area contributed by atoms with Gasteiger partial charge in [-0.05, 0) is 11.1 Å². The van der Waals surface area contributed by atoms with Crippen LogP contribution in [0.1, 0.15) is 29.7 Å². The third kappa shape index (κ3) is 8.30. The smallest absolute Gasteiger partial charge is 0 e. The molecule has 0 aromatic heterocycles. The van der Waals surface area contributed by atoms with Crippen molar-refractivity contribution in [1.82, 2.24) is 5.06 Å². The quantitative estimate of drug-likeness (QED) is 0.403. The Bertz CT molecular complexity index is 757. The van der Waals surface area contributed by atoms with E-state index in [0.717, 1.165) is 6.42 Å². The molecular formula is C22H25CrNO4Si. The molecule has 1 saturated heterocycles. The Labute approximate surface area is 185 Å². The summed E-state index contributed by atoms with van der Waals surface area (Å²) in [6, 6.07) is 19.8. The van der Waals surface area contributed by atoms with E-state index in [4.69, 9.17) is 18.8 Å². The van der Waals surface area contributed by atoms with Crippen LogP contribution in [-0.4, -0.2) is 20.2 Å². The Kier molecular flexibility index (Phi) is 15.5. The molecule has 0 unspecified atom stereocenters. The summed E-state index contributed by atoms with van der Waals surface area (Å²) in [5.74, 6) is 0. The third-order valence-corrected chi connectivity index (χ3v) is 6.54. The fraction of sp³-hybridized carbons (Fsp3) is 0.318.